The fourth-order valence-corrected chi connectivity index (χ4v) is 4.33. The van der Waals surface area contributed by atoms with Crippen LogP contribution in [-0.4, -0.2) is 50.1 Å². The highest BCUT2D eigenvalue weighted by Crippen LogP contribution is 2.25. The SMILES string of the molecule is CCCCCCCCCCCCCCCCCSCC(CO)OC(C)C.O=P(O)(O)O. The second-order valence-corrected chi connectivity index (χ2v) is 10.7. The minimum absolute atomic E-state index is 0.0105. The molecule has 0 amide bonds. The first-order chi connectivity index (χ1) is 14.7. The quantitative estimate of drug-likeness (QED) is 0.109. The van der Waals surface area contributed by atoms with E-state index in [9.17, 15) is 5.11 Å². The van der Waals surface area contributed by atoms with Crippen LogP contribution in [-0.2, 0) is 9.30 Å². The van der Waals surface area contributed by atoms with E-state index >= 15 is 0 Å². The molecule has 0 aromatic carbocycles. The molecule has 0 aliphatic heterocycles. The number of rotatable bonds is 21. The molecule has 0 saturated carbocycles. The van der Waals surface area contributed by atoms with Crippen LogP contribution >= 0.6 is 19.6 Å². The molecular formula is C23H51O6PS. The summed E-state index contributed by atoms with van der Waals surface area (Å²) in [6.45, 7) is 6.49. The molecule has 0 heterocycles. The average molecular weight is 487 g/mol. The Labute approximate surface area is 196 Å². The zero-order valence-electron chi connectivity index (χ0n) is 20.3. The summed E-state index contributed by atoms with van der Waals surface area (Å²) >= 11 is 1.93. The molecule has 0 aromatic rings. The topological polar surface area (TPSA) is 107 Å². The van der Waals surface area contributed by atoms with Crippen molar-refractivity contribution in [1.29, 1.82) is 0 Å². The van der Waals surface area contributed by atoms with Gasteiger partial charge in [0.15, 0.2) is 0 Å². The van der Waals surface area contributed by atoms with Crippen molar-refractivity contribution in [3.63, 3.8) is 0 Å². The Morgan fingerprint density at radius 2 is 1.10 bits per heavy atom. The third-order valence-corrected chi connectivity index (χ3v) is 6.05. The average Bonchev–Trinajstić information content (AvgIpc) is 2.67. The summed E-state index contributed by atoms with van der Waals surface area (Å²) in [4.78, 5) is 21.6. The largest absolute Gasteiger partial charge is 0.466 e. The molecule has 0 saturated heterocycles. The van der Waals surface area contributed by atoms with Crippen molar-refractivity contribution >= 4 is 19.6 Å². The van der Waals surface area contributed by atoms with Gasteiger partial charge in [0.25, 0.3) is 0 Å². The van der Waals surface area contributed by atoms with Gasteiger partial charge in [-0.05, 0) is 26.0 Å². The van der Waals surface area contributed by atoms with Gasteiger partial charge in [-0.2, -0.15) is 11.8 Å². The smallest absolute Gasteiger partial charge is 0.394 e. The van der Waals surface area contributed by atoms with Crippen LogP contribution in [0.4, 0.5) is 0 Å². The summed E-state index contributed by atoms with van der Waals surface area (Å²) in [5.74, 6) is 2.13. The first-order valence-corrected chi connectivity index (χ1v) is 15.0. The number of ether oxygens (including phenoxy) is 1. The van der Waals surface area contributed by atoms with E-state index in [1.165, 1.54) is 102 Å². The van der Waals surface area contributed by atoms with Crippen LogP contribution in [0.1, 0.15) is 117 Å². The number of hydrogen-bond donors (Lipinski definition) is 4. The minimum Gasteiger partial charge on any atom is -0.394 e. The Bertz CT molecular complexity index is 384. The number of unbranched alkanes of at least 4 members (excludes halogenated alkanes) is 14. The molecule has 4 N–H and O–H groups in total. The standard InChI is InChI=1S/C23H48O2S.H3O4P/c1-4-5-6-7-8-9-10-11-12-13-14-15-16-17-18-19-26-21-23(20-24)25-22(2)3;1-5(2,3)4/h22-24H,4-21H2,1-3H3;(H3,1,2,3,4). The molecule has 0 bridgehead atoms. The highest BCUT2D eigenvalue weighted by Gasteiger charge is 2.09. The van der Waals surface area contributed by atoms with Crippen LogP contribution < -0.4 is 0 Å². The van der Waals surface area contributed by atoms with Gasteiger partial charge < -0.3 is 24.5 Å². The normalized spacial score (nSPS) is 12.6. The van der Waals surface area contributed by atoms with Gasteiger partial charge in [0, 0.05) is 5.75 Å². The Morgan fingerprint density at radius 1 is 0.742 bits per heavy atom. The van der Waals surface area contributed by atoms with Crippen molar-refractivity contribution in [2.24, 2.45) is 0 Å². The summed E-state index contributed by atoms with van der Waals surface area (Å²) in [5, 5.41) is 9.27. The van der Waals surface area contributed by atoms with Gasteiger partial charge in [-0.3, -0.25) is 0 Å². The van der Waals surface area contributed by atoms with Crippen molar-refractivity contribution in [3.8, 4) is 0 Å². The van der Waals surface area contributed by atoms with Crippen LogP contribution in [0, 0.1) is 0 Å². The molecule has 1 unspecified atom stereocenters. The Morgan fingerprint density at radius 3 is 1.42 bits per heavy atom. The molecule has 8 heteroatoms. The van der Waals surface area contributed by atoms with Crippen LogP contribution in [0.3, 0.4) is 0 Å². The number of thioether (sulfide) groups is 1. The van der Waals surface area contributed by atoms with Gasteiger partial charge in [-0.15, -0.1) is 0 Å². The van der Waals surface area contributed by atoms with Gasteiger partial charge in [-0.1, -0.05) is 96.8 Å². The minimum atomic E-state index is -4.64. The summed E-state index contributed by atoms with van der Waals surface area (Å²) < 4.78 is 14.5. The first kappa shape index (κ1) is 33.6. The monoisotopic (exact) mass is 486 g/mol. The lowest BCUT2D eigenvalue weighted by Gasteiger charge is -2.17. The van der Waals surface area contributed by atoms with Crippen LogP contribution in [0.2, 0.25) is 0 Å². The van der Waals surface area contributed by atoms with Gasteiger partial charge in [-0.25, -0.2) is 4.57 Å². The highest BCUT2D eigenvalue weighted by molar-refractivity contribution is 7.99. The lowest BCUT2D eigenvalue weighted by atomic mass is 10.0. The molecule has 0 radical (unpaired) electrons. The number of aliphatic hydroxyl groups is 1. The van der Waals surface area contributed by atoms with Crippen molar-refractivity contribution in [2.75, 3.05) is 18.1 Å². The Kier molecular flexibility index (Phi) is 27.1. The molecule has 31 heavy (non-hydrogen) atoms. The van der Waals surface area contributed by atoms with Gasteiger partial charge >= 0.3 is 7.82 Å². The second-order valence-electron chi connectivity index (χ2n) is 8.53. The fourth-order valence-electron chi connectivity index (χ4n) is 3.31. The lowest BCUT2D eigenvalue weighted by molar-refractivity contribution is -0.00934. The molecule has 6 nitrogen and oxygen atoms in total. The maximum absolute atomic E-state index is 9.27. The summed E-state index contributed by atoms with van der Waals surface area (Å²) in [6, 6.07) is 0. The van der Waals surface area contributed by atoms with Gasteiger partial charge in [0.1, 0.15) is 0 Å². The molecule has 0 aliphatic rings. The van der Waals surface area contributed by atoms with Crippen LogP contribution in [0.25, 0.3) is 0 Å². The first-order valence-electron chi connectivity index (χ1n) is 12.3. The van der Waals surface area contributed by atoms with E-state index < -0.39 is 7.82 Å². The highest BCUT2D eigenvalue weighted by atomic mass is 32.2. The zero-order chi connectivity index (χ0) is 23.8. The summed E-state index contributed by atoms with van der Waals surface area (Å²) in [6.07, 6.45) is 21.5. The molecule has 0 spiro atoms. The van der Waals surface area contributed by atoms with E-state index in [-0.39, 0.29) is 18.8 Å². The van der Waals surface area contributed by atoms with Crippen molar-refractivity contribution in [2.45, 2.75) is 129 Å². The third kappa shape index (κ3) is 38.0. The lowest BCUT2D eigenvalue weighted by Crippen LogP contribution is -2.24. The maximum atomic E-state index is 9.27. The molecule has 0 rings (SSSR count). The molecule has 190 valence electrons. The maximum Gasteiger partial charge on any atom is 0.466 e. The summed E-state index contributed by atoms with van der Waals surface area (Å²) in [7, 11) is -4.64. The van der Waals surface area contributed by atoms with Crippen molar-refractivity contribution in [3.05, 3.63) is 0 Å². The van der Waals surface area contributed by atoms with Crippen molar-refractivity contribution < 1.29 is 29.1 Å². The predicted molar refractivity (Wildman–Crippen MR) is 134 cm³/mol. The molecule has 0 aromatic heterocycles. The second kappa shape index (κ2) is 25.0. The van der Waals surface area contributed by atoms with Crippen LogP contribution in [0.5, 0.6) is 0 Å². The van der Waals surface area contributed by atoms with Crippen molar-refractivity contribution in [1.82, 2.24) is 0 Å². The van der Waals surface area contributed by atoms with E-state index in [1.807, 2.05) is 25.6 Å². The molecule has 0 aliphatic carbocycles. The Hall–Kier alpha value is 0.380. The van der Waals surface area contributed by atoms with E-state index in [4.69, 9.17) is 24.0 Å². The number of phosphoric acid groups is 1. The van der Waals surface area contributed by atoms with Gasteiger partial charge in [0.05, 0.1) is 18.8 Å². The molecular weight excluding hydrogens is 435 g/mol. The third-order valence-electron chi connectivity index (χ3n) is 4.86. The zero-order valence-corrected chi connectivity index (χ0v) is 22.1. The van der Waals surface area contributed by atoms with E-state index in [2.05, 4.69) is 6.92 Å². The van der Waals surface area contributed by atoms with E-state index in [1.54, 1.807) is 0 Å². The Balaban J connectivity index is 0. The summed E-state index contributed by atoms with van der Waals surface area (Å²) in [5.41, 5.74) is 0. The number of aliphatic hydroxyl groups excluding tert-OH is 1. The molecule has 1 atom stereocenters. The van der Waals surface area contributed by atoms with Crippen LogP contribution in [0.15, 0.2) is 0 Å². The van der Waals surface area contributed by atoms with E-state index in [0.29, 0.717) is 0 Å². The number of hydrogen-bond acceptors (Lipinski definition) is 4. The fraction of sp³-hybridized carbons (Fsp3) is 1.00. The van der Waals surface area contributed by atoms with E-state index in [0.717, 1.165) is 5.75 Å². The predicted octanol–water partition coefficient (Wildman–Crippen LogP) is 6.45. The van der Waals surface area contributed by atoms with Gasteiger partial charge in [0.2, 0.25) is 0 Å². The molecule has 0 fully saturated rings.